The maximum atomic E-state index is 12.2. The third kappa shape index (κ3) is 4.32. The molecule has 0 N–H and O–H groups in total. The lowest BCUT2D eigenvalue weighted by Crippen LogP contribution is -2.34. The van der Waals surface area contributed by atoms with Gasteiger partial charge in [0.25, 0.3) is 0 Å². The van der Waals surface area contributed by atoms with Crippen LogP contribution in [0, 0.1) is 0 Å². The van der Waals surface area contributed by atoms with E-state index in [0.717, 1.165) is 24.4 Å². The summed E-state index contributed by atoms with van der Waals surface area (Å²) in [5.74, 6) is 0.878. The van der Waals surface area contributed by atoms with Gasteiger partial charge in [-0.3, -0.25) is 9.69 Å². The van der Waals surface area contributed by atoms with Gasteiger partial charge in [-0.05, 0) is 45.1 Å². The maximum Gasteiger partial charge on any atom is 0.176 e. The molecule has 0 aromatic heterocycles. The smallest absolute Gasteiger partial charge is 0.176 e. The molecular weight excluding hydrogens is 252 g/mol. The van der Waals surface area contributed by atoms with E-state index < -0.39 is 0 Å². The van der Waals surface area contributed by atoms with Crippen LogP contribution >= 0.6 is 0 Å². The Morgan fingerprint density at radius 1 is 1.35 bits per heavy atom. The second kappa shape index (κ2) is 7.41. The highest BCUT2D eigenvalue weighted by Gasteiger charge is 2.14. The van der Waals surface area contributed by atoms with E-state index in [4.69, 9.17) is 4.74 Å². The zero-order valence-corrected chi connectivity index (χ0v) is 12.5. The van der Waals surface area contributed by atoms with Gasteiger partial charge < -0.3 is 9.64 Å². The predicted octanol–water partition coefficient (Wildman–Crippen LogP) is 1.91. The summed E-state index contributed by atoms with van der Waals surface area (Å²) >= 11 is 0. The molecule has 0 atom stereocenters. The van der Waals surface area contributed by atoms with Crippen LogP contribution in [0.15, 0.2) is 24.3 Å². The number of carbonyl (C=O) groups is 1. The fourth-order valence-corrected chi connectivity index (χ4v) is 2.53. The number of carbonyl (C=O) groups excluding carboxylic acids is 1. The summed E-state index contributed by atoms with van der Waals surface area (Å²) in [6.07, 6.45) is 2.62. The molecule has 0 radical (unpaired) electrons. The minimum Gasteiger partial charge on any atom is -0.497 e. The second-order valence-electron chi connectivity index (χ2n) is 5.44. The van der Waals surface area contributed by atoms with Crippen molar-refractivity contribution < 1.29 is 9.53 Å². The van der Waals surface area contributed by atoms with E-state index in [0.29, 0.717) is 6.54 Å². The summed E-state index contributed by atoms with van der Waals surface area (Å²) in [6.45, 7) is 4.87. The zero-order chi connectivity index (χ0) is 14.4. The fraction of sp³-hybridized carbons (Fsp3) is 0.562. The normalized spacial score (nSPS) is 15.8. The number of likely N-dealkylation sites (N-methyl/N-ethyl adjacent to an activating group) is 1. The molecule has 4 heteroatoms. The summed E-state index contributed by atoms with van der Waals surface area (Å²) in [6, 6.07) is 7.36. The lowest BCUT2D eigenvalue weighted by Gasteiger charge is -2.20. The molecule has 20 heavy (non-hydrogen) atoms. The monoisotopic (exact) mass is 276 g/mol. The lowest BCUT2D eigenvalue weighted by atomic mass is 10.1. The molecule has 4 nitrogen and oxygen atoms in total. The highest BCUT2D eigenvalue weighted by Crippen LogP contribution is 2.13. The van der Waals surface area contributed by atoms with Gasteiger partial charge in [0.05, 0.1) is 13.7 Å². The van der Waals surface area contributed by atoms with Crippen LogP contribution in [-0.4, -0.2) is 62.5 Å². The minimum atomic E-state index is 0.146. The molecule has 0 amide bonds. The van der Waals surface area contributed by atoms with Gasteiger partial charge in [-0.25, -0.2) is 0 Å². The molecule has 110 valence electrons. The topological polar surface area (TPSA) is 32.8 Å². The number of likely N-dealkylation sites (tertiary alicyclic amines) is 1. The minimum absolute atomic E-state index is 0.146. The third-order valence-corrected chi connectivity index (χ3v) is 3.80. The first-order valence-electron chi connectivity index (χ1n) is 7.27. The Labute approximate surface area is 121 Å². The van der Waals surface area contributed by atoms with Crippen molar-refractivity contribution >= 4 is 5.78 Å². The number of Topliss-reactive ketones (excluding diaryl/α,β-unsaturated/α-hetero) is 1. The van der Waals surface area contributed by atoms with E-state index >= 15 is 0 Å². The summed E-state index contributed by atoms with van der Waals surface area (Å²) in [7, 11) is 3.62. The Bertz CT molecular complexity index is 442. The van der Waals surface area contributed by atoms with Crippen LogP contribution in [0.1, 0.15) is 23.2 Å². The first kappa shape index (κ1) is 15.0. The third-order valence-electron chi connectivity index (χ3n) is 3.80. The molecule has 1 aliphatic heterocycles. The number of hydrogen-bond donors (Lipinski definition) is 0. The molecule has 1 heterocycles. The molecule has 1 saturated heterocycles. The Hall–Kier alpha value is -1.39. The van der Waals surface area contributed by atoms with Crippen molar-refractivity contribution in [1.82, 2.24) is 9.80 Å². The Kier molecular flexibility index (Phi) is 5.56. The number of nitrogens with zero attached hydrogens (tertiary/aromatic N) is 2. The van der Waals surface area contributed by atoms with E-state index in [-0.39, 0.29) is 5.78 Å². The SMILES string of the molecule is COc1cccc(C(=O)CN(C)CCN2CCCC2)c1. The number of benzene rings is 1. The lowest BCUT2D eigenvalue weighted by molar-refractivity contribution is 0.0941. The van der Waals surface area contributed by atoms with E-state index in [9.17, 15) is 4.79 Å². The van der Waals surface area contributed by atoms with E-state index in [1.54, 1.807) is 13.2 Å². The Morgan fingerprint density at radius 2 is 2.10 bits per heavy atom. The van der Waals surface area contributed by atoms with Crippen LogP contribution in [0.4, 0.5) is 0 Å². The van der Waals surface area contributed by atoms with Gasteiger partial charge in [-0.2, -0.15) is 0 Å². The van der Waals surface area contributed by atoms with Gasteiger partial charge in [-0.15, -0.1) is 0 Å². The Morgan fingerprint density at radius 3 is 2.80 bits per heavy atom. The molecule has 1 aromatic carbocycles. The molecule has 1 aliphatic rings. The molecule has 1 aromatic rings. The van der Waals surface area contributed by atoms with Crippen LogP contribution < -0.4 is 4.74 Å². The summed E-state index contributed by atoms with van der Waals surface area (Å²) < 4.78 is 5.15. The average Bonchev–Trinajstić information content (AvgIpc) is 2.98. The zero-order valence-electron chi connectivity index (χ0n) is 12.5. The van der Waals surface area contributed by atoms with Gasteiger partial charge >= 0.3 is 0 Å². The fourth-order valence-electron chi connectivity index (χ4n) is 2.53. The van der Waals surface area contributed by atoms with Crippen molar-refractivity contribution in [2.45, 2.75) is 12.8 Å². The first-order valence-corrected chi connectivity index (χ1v) is 7.27. The average molecular weight is 276 g/mol. The van der Waals surface area contributed by atoms with Crippen molar-refractivity contribution in [3.05, 3.63) is 29.8 Å². The summed E-state index contributed by atoms with van der Waals surface area (Å²) in [5, 5.41) is 0. The van der Waals surface area contributed by atoms with Crippen molar-refractivity contribution in [1.29, 1.82) is 0 Å². The highest BCUT2D eigenvalue weighted by molar-refractivity contribution is 5.97. The van der Waals surface area contributed by atoms with E-state index in [1.807, 2.05) is 25.2 Å². The molecule has 0 spiro atoms. The molecule has 0 aliphatic carbocycles. The summed E-state index contributed by atoms with van der Waals surface area (Å²) in [5.41, 5.74) is 0.720. The van der Waals surface area contributed by atoms with Gasteiger partial charge in [0.1, 0.15) is 5.75 Å². The number of ketones is 1. The largest absolute Gasteiger partial charge is 0.497 e. The van der Waals surface area contributed by atoms with Crippen molar-refractivity contribution in [2.75, 3.05) is 46.9 Å². The molecule has 0 bridgehead atoms. The summed E-state index contributed by atoms with van der Waals surface area (Å²) in [4.78, 5) is 16.8. The highest BCUT2D eigenvalue weighted by atomic mass is 16.5. The van der Waals surface area contributed by atoms with Crippen LogP contribution in [0.2, 0.25) is 0 Å². The quantitative estimate of drug-likeness (QED) is 0.712. The molecule has 0 unspecified atom stereocenters. The van der Waals surface area contributed by atoms with Crippen LogP contribution in [-0.2, 0) is 0 Å². The predicted molar refractivity (Wildman–Crippen MR) is 80.5 cm³/mol. The van der Waals surface area contributed by atoms with E-state index in [1.165, 1.54) is 25.9 Å². The van der Waals surface area contributed by atoms with Gasteiger partial charge in [0, 0.05) is 18.7 Å². The maximum absolute atomic E-state index is 12.2. The first-order chi connectivity index (χ1) is 9.69. The standard InChI is InChI=1S/C16H24N2O2/c1-17(10-11-18-8-3-4-9-18)13-16(19)14-6-5-7-15(12-14)20-2/h5-7,12H,3-4,8-11,13H2,1-2H3. The molecule has 0 saturated carbocycles. The Balaban J connectivity index is 1.80. The van der Waals surface area contributed by atoms with Crippen molar-refractivity contribution in [3.8, 4) is 5.75 Å². The van der Waals surface area contributed by atoms with E-state index in [2.05, 4.69) is 9.80 Å². The molecular formula is C16H24N2O2. The number of methoxy groups -OCH3 is 1. The van der Waals surface area contributed by atoms with Gasteiger partial charge in [0.2, 0.25) is 0 Å². The second-order valence-corrected chi connectivity index (χ2v) is 5.44. The van der Waals surface area contributed by atoms with Gasteiger partial charge in [0.15, 0.2) is 5.78 Å². The van der Waals surface area contributed by atoms with Crippen LogP contribution in [0.25, 0.3) is 0 Å². The number of rotatable bonds is 7. The van der Waals surface area contributed by atoms with Crippen LogP contribution in [0.3, 0.4) is 0 Å². The van der Waals surface area contributed by atoms with Gasteiger partial charge in [-0.1, -0.05) is 12.1 Å². The molecule has 1 fully saturated rings. The number of hydrogen-bond acceptors (Lipinski definition) is 4. The molecule has 2 rings (SSSR count). The van der Waals surface area contributed by atoms with Crippen molar-refractivity contribution in [3.63, 3.8) is 0 Å². The van der Waals surface area contributed by atoms with Crippen molar-refractivity contribution in [2.24, 2.45) is 0 Å². The van der Waals surface area contributed by atoms with Crippen LogP contribution in [0.5, 0.6) is 5.75 Å². The number of ether oxygens (including phenoxy) is 1.